The summed E-state index contributed by atoms with van der Waals surface area (Å²) in [5, 5.41) is 8.60. The Hall–Kier alpha value is -3.33. The number of hydrogen-bond acceptors (Lipinski definition) is 8. The Bertz CT molecular complexity index is 976. The monoisotopic (exact) mass is 438 g/mol. The first-order chi connectivity index (χ1) is 15.3. The van der Waals surface area contributed by atoms with Crippen LogP contribution >= 0.6 is 0 Å². The van der Waals surface area contributed by atoms with Gasteiger partial charge in [-0.05, 0) is 51.9 Å². The van der Waals surface area contributed by atoms with Crippen LogP contribution in [0.5, 0.6) is 5.88 Å². The molecule has 1 saturated heterocycles. The Balaban J connectivity index is 1.81. The number of aldehydes is 1. The smallest absolute Gasteiger partial charge is 0.232 e. The Morgan fingerprint density at radius 2 is 2.16 bits per heavy atom. The fourth-order valence-electron chi connectivity index (χ4n) is 3.74. The van der Waals surface area contributed by atoms with E-state index in [-0.39, 0.29) is 23.6 Å². The number of rotatable bonds is 9. The number of pyridine rings is 2. The summed E-state index contributed by atoms with van der Waals surface area (Å²) in [7, 11) is 0. The Morgan fingerprint density at radius 3 is 2.78 bits per heavy atom. The van der Waals surface area contributed by atoms with Crippen molar-refractivity contribution in [2.24, 2.45) is 5.92 Å². The maximum atomic E-state index is 13.2. The molecule has 2 aromatic rings. The molecule has 32 heavy (non-hydrogen) atoms. The van der Waals surface area contributed by atoms with E-state index < -0.39 is 0 Å². The molecule has 3 N–H and O–H groups in total. The number of amides is 1. The van der Waals surface area contributed by atoms with Crippen molar-refractivity contribution in [1.82, 2.24) is 14.9 Å². The summed E-state index contributed by atoms with van der Waals surface area (Å²) in [6, 6.07) is 6.81. The van der Waals surface area contributed by atoms with Gasteiger partial charge in [0.25, 0.3) is 0 Å². The summed E-state index contributed by atoms with van der Waals surface area (Å²) in [5.74, 6) is 0.713. The van der Waals surface area contributed by atoms with E-state index in [1.165, 1.54) is 0 Å². The van der Waals surface area contributed by atoms with Gasteiger partial charge >= 0.3 is 0 Å². The van der Waals surface area contributed by atoms with E-state index in [9.17, 15) is 9.59 Å². The topological polar surface area (TPSA) is 126 Å². The van der Waals surface area contributed by atoms with Crippen LogP contribution in [0.2, 0.25) is 0 Å². The van der Waals surface area contributed by atoms with E-state index in [0.29, 0.717) is 54.7 Å². The van der Waals surface area contributed by atoms with Crippen molar-refractivity contribution in [3.8, 4) is 5.88 Å². The normalized spacial score (nSPS) is 16.2. The van der Waals surface area contributed by atoms with Gasteiger partial charge in [0.15, 0.2) is 0 Å². The average molecular weight is 439 g/mol. The van der Waals surface area contributed by atoms with Gasteiger partial charge in [-0.1, -0.05) is 0 Å². The molecule has 3 heterocycles. The van der Waals surface area contributed by atoms with Gasteiger partial charge in [0, 0.05) is 30.9 Å². The third-order valence-electron chi connectivity index (χ3n) is 5.34. The van der Waals surface area contributed by atoms with Crippen molar-refractivity contribution in [1.29, 1.82) is 5.41 Å². The summed E-state index contributed by atoms with van der Waals surface area (Å²) < 4.78 is 5.55. The molecular weight excluding hydrogens is 408 g/mol. The lowest BCUT2D eigenvalue weighted by molar-refractivity contribution is -0.122. The molecule has 0 saturated carbocycles. The average Bonchev–Trinajstić information content (AvgIpc) is 3.24. The van der Waals surface area contributed by atoms with Crippen molar-refractivity contribution < 1.29 is 14.3 Å². The largest absolute Gasteiger partial charge is 0.475 e. The lowest BCUT2D eigenvalue weighted by Crippen LogP contribution is -2.38. The van der Waals surface area contributed by atoms with Crippen LogP contribution in [0.25, 0.3) is 0 Å². The van der Waals surface area contributed by atoms with Crippen LogP contribution in [0, 0.1) is 11.3 Å². The first-order valence-electron chi connectivity index (χ1n) is 10.8. The highest BCUT2D eigenvalue weighted by Crippen LogP contribution is 2.24. The first-order valence-corrected chi connectivity index (χ1v) is 10.8. The Labute approximate surface area is 188 Å². The van der Waals surface area contributed by atoms with Crippen LogP contribution in [0.15, 0.2) is 30.5 Å². The fourth-order valence-corrected chi connectivity index (χ4v) is 3.74. The van der Waals surface area contributed by atoms with Gasteiger partial charge in [0.05, 0.1) is 30.0 Å². The molecule has 9 nitrogen and oxygen atoms in total. The highest BCUT2D eigenvalue weighted by molar-refractivity contribution is 6.12. The summed E-state index contributed by atoms with van der Waals surface area (Å²) in [6.07, 6.45) is 3.12. The van der Waals surface area contributed by atoms with Gasteiger partial charge < -0.3 is 15.3 Å². The molecule has 170 valence electrons. The molecule has 1 unspecified atom stereocenters. The first kappa shape index (κ1) is 23.3. The van der Waals surface area contributed by atoms with Crippen molar-refractivity contribution in [3.05, 3.63) is 41.7 Å². The van der Waals surface area contributed by atoms with Crippen molar-refractivity contribution in [3.63, 3.8) is 0 Å². The maximum absolute atomic E-state index is 13.2. The molecule has 0 aromatic carbocycles. The summed E-state index contributed by atoms with van der Waals surface area (Å²) in [4.78, 5) is 36.3. The van der Waals surface area contributed by atoms with Crippen LogP contribution in [0.3, 0.4) is 0 Å². The molecule has 0 aliphatic carbocycles. The second kappa shape index (κ2) is 10.3. The minimum atomic E-state index is -0.185. The summed E-state index contributed by atoms with van der Waals surface area (Å²) in [6.45, 7) is 7.78. The van der Waals surface area contributed by atoms with E-state index >= 15 is 0 Å². The van der Waals surface area contributed by atoms with E-state index in [2.05, 4.69) is 9.97 Å². The predicted molar refractivity (Wildman–Crippen MR) is 123 cm³/mol. The molecule has 1 aliphatic rings. The quantitative estimate of drug-likeness (QED) is 0.454. The van der Waals surface area contributed by atoms with Crippen LogP contribution in [0.1, 0.15) is 38.4 Å². The second-order valence-electron chi connectivity index (χ2n) is 8.03. The van der Waals surface area contributed by atoms with Gasteiger partial charge in [0.2, 0.25) is 11.8 Å². The van der Waals surface area contributed by atoms with Crippen LogP contribution in [-0.2, 0) is 9.59 Å². The van der Waals surface area contributed by atoms with Crippen molar-refractivity contribution >= 4 is 29.4 Å². The SMILES string of the molecule is CCN(C(=O)C1CCN(CC=O)C1)c1ccc(N)c(C(=N)c2ccc(OC(C)C)nc2)n1. The van der Waals surface area contributed by atoms with Gasteiger partial charge in [0.1, 0.15) is 17.8 Å². The number of nitrogen functional groups attached to an aromatic ring is 1. The fraction of sp³-hybridized carbons (Fsp3) is 0.435. The van der Waals surface area contributed by atoms with Crippen LogP contribution in [-0.4, -0.2) is 65.1 Å². The number of carbonyl (C=O) groups is 2. The number of nitrogens with one attached hydrogen (secondary N) is 1. The van der Waals surface area contributed by atoms with E-state index in [1.807, 2.05) is 25.7 Å². The zero-order valence-corrected chi connectivity index (χ0v) is 18.7. The molecule has 1 fully saturated rings. The van der Waals surface area contributed by atoms with E-state index in [0.717, 1.165) is 12.8 Å². The number of anilines is 2. The number of carbonyl (C=O) groups excluding carboxylic acids is 2. The van der Waals surface area contributed by atoms with Gasteiger partial charge in [-0.25, -0.2) is 9.97 Å². The Morgan fingerprint density at radius 1 is 1.38 bits per heavy atom. The molecule has 9 heteroatoms. The third-order valence-corrected chi connectivity index (χ3v) is 5.34. The molecule has 2 aromatic heterocycles. The number of ether oxygens (including phenoxy) is 1. The summed E-state index contributed by atoms with van der Waals surface area (Å²) >= 11 is 0. The Kier molecular flexibility index (Phi) is 7.53. The van der Waals surface area contributed by atoms with Crippen molar-refractivity contribution in [2.45, 2.75) is 33.3 Å². The molecule has 0 radical (unpaired) electrons. The lowest BCUT2D eigenvalue weighted by atomic mass is 10.1. The number of hydrogen-bond donors (Lipinski definition) is 2. The zero-order chi connectivity index (χ0) is 23.3. The number of nitrogens with two attached hydrogens (primary N) is 1. The molecule has 1 aliphatic heterocycles. The lowest BCUT2D eigenvalue weighted by Gasteiger charge is -2.24. The second-order valence-corrected chi connectivity index (χ2v) is 8.03. The van der Waals surface area contributed by atoms with E-state index in [4.69, 9.17) is 15.9 Å². The summed E-state index contributed by atoms with van der Waals surface area (Å²) in [5.41, 5.74) is 7.43. The predicted octanol–water partition coefficient (Wildman–Crippen LogP) is 2.14. The van der Waals surface area contributed by atoms with E-state index in [1.54, 1.807) is 35.4 Å². The molecule has 1 amide bonds. The van der Waals surface area contributed by atoms with Gasteiger partial charge in [-0.15, -0.1) is 0 Å². The van der Waals surface area contributed by atoms with Crippen LogP contribution < -0.4 is 15.4 Å². The van der Waals surface area contributed by atoms with Gasteiger partial charge in [-0.2, -0.15) is 0 Å². The number of nitrogens with zero attached hydrogens (tertiary/aromatic N) is 4. The number of likely N-dealkylation sites (tertiary alicyclic amines) is 1. The minimum absolute atomic E-state index is 0.00439. The standard InChI is InChI=1S/C23H30N6O3/c1-4-29(23(31)17-9-10-28(14-17)11-12-30)19-7-6-18(24)22(27-19)21(25)16-5-8-20(26-13-16)32-15(2)3/h5-8,12-13,15,17,25H,4,9-11,14,24H2,1-3H3. The minimum Gasteiger partial charge on any atom is -0.475 e. The molecule has 1 atom stereocenters. The molecule has 0 bridgehead atoms. The highest BCUT2D eigenvalue weighted by atomic mass is 16.5. The molecule has 0 spiro atoms. The van der Waals surface area contributed by atoms with Crippen molar-refractivity contribution in [2.75, 3.05) is 36.8 Å². The highest BCUT2D eigenvalue weighted by Gasteiger charge is 2.32. The third kappa shape index (κ3) is 5.28. The molecular formula is C23H30N6O3. The van der Waals surface area contributed by atoms with Gasteiger partial charge in [-0.3, -0.25) is 20.0 Å². The molecule has 3 rings (SSSR count). The zero-order valence-electron chi connectivity index (χ0n) is 18.7. The maximum Gasteiger partial charge on any atom is 0.232 e. The van der Waals surface area contributed by atoms with Crippen LogP contribution in [0.4, 0.5) is 11.5 Å². The number of aromatic nitrogens is 2.